The Balaban J connectivity index is 0.000000970. The van der Waals surface area contributed by atoms with E-state index in [1.807, 2.05) is 13.8 Å². The molecule has 0 amide bonds. The molecule has 3 nitrogen and oxygen atoms in total. The zero-order valence-electron chi connectivity index (χ0n) is 22.4. The van der Waals surface area contributed by atoms with Crippen LogP contribution in [0, 0.1) is 40.4 Å². The summed E-state index contributed by atoms with van der Waals surface area (Å²) in [6.45, 7) is 9.83. The Kier molecular flexibility index (Phi) is 10.0. The maximum Gasteiger partial charge on any atom is 0.416 e. The van der Waals surface area contributed by atoms with Crippen molar-refractivity contribution in [3.63, 3.8) is 0 Å². The van der Waals surface area contributed by atoms with Crippen LogP contribution in [0.4, 0.5) is 13.2 Å². The Morgan fingerprint density at radius 1 is 0.853 bits per heavy atom. The standard InChI is InChI=1S/C25H41F3O2.C2H6.CH4O/c1-22-14-11-21-19(8-6-17-15-18(29)10-13-23(17,21)2)20(22)9-7-16(22)5-4-12-24(3,30)25(26,27)28;2*1-2/h16-21,29-30H,4-15H2,1-3H3;1-2H3;2H,1H3/t16-,17?,18?,19?,20?,21?,22?,23?,24+;;/m0../s1. The van der Waals surface area contributed by atoms with Gasteiger partial charge in [0.25, 0.3) is 0 Å². The van der Waals surface area contributed by atoms with Gasteiger partial charge in [0.2, 0.25) is 0 Å². The normalized spacial score (nSPS) is 43.1. The zero-order valence-corrected chi connectivity index (χ0v) is 22.4. The fourth-order valence-electron chi connectivity index (χ4n) is 8.65. The van der Waals surface area contributed by atoms with Crippen LogP contribution in [-0.2, 0) is 0 Å². The summed E-state index contributed by atoms with van der Waals surface area (Å²) in [6.07, 6.45) is 6.79. The molecule has 202 valence electrons. The summed E-state index contributed by atoms with van der Waals surface area (Å²) in [5.74, 6) is 3.36. The summed E-state index contributed by atoms with van der Waals surface area (Å²) in [7, 11) is 1.00. The maximum atomic E-state index is 13.0. The monoisotopic (exact) mass is 492 g/mol. The lowest BCUT2D eigenvalue weighted by Gasteiger charge is -2.61. The highest BCUT2D eigenvalue weighted by Gasteiger charge is 2.60. The second-order valence-corrected chi connectivity index (χ2v) is 12.1. The SMILES string of the molecule is CC.CC12CCC(O)CC1CCC1C2CCC2(C)C1CC[C@@H]2CCC[C@@](C)(O)C(F)(F)F.CO. The van der Waals surface area contributed by atoms with Gasteiger partial charge in [-0.1, -0.05) is 27.7 Å². The number of aliphatic hydroxyl groups is 3. The molecule has 4 saturated carbocycles. The van der Waals surface area contributed by atoms with Gasteiger partial charge in [-0.25, -0.2) is 0 Å². The molecule has 7 unspecified atom stereocenters. The number of aliphatic hydroxyl groups excluding tert-OH is 2. The number of rotatable bonds is 4. The number of hydrogen-bond acceptors (Lipinski definition) is 3. The summed E-state index contributed by atoms with van der Waals surface area (Å²) < 4.78 is 39.0. The van der Waals surface area contributed by atoms with E-state index in [4.69, 9.17) is 5.11 Å². The minimum absolute atomic E-state index is 0.113. The predicted molar refractivity (Wildman–Crippen MR) is 131 cm³/mol. The molecular formula is C28H51F3O3. The lowest BCUT2D eigenvalue weighted by atomic mass is 9.44. The molecule has 0 aromatic carbocycles. The first-order valence-corrected chi connectivity index (χ1v) is 13.8. The number of hydrogen-bond donors (Lipinski definition) is 3. The van der Waals surface area contributed by atoms with E-state index in [-0.39, 0.29) is 17.9 Å². The maximum absolute atomic E-state index is 13.0. The highest BCUT2D eigenvalue weighted by atomic mass is 19.4. The Bertz CT molecular complexity index is 637. The van der Waals surface area contributed by atoms with E-state index in [2.05, 4.69) is 13.8 Å². The van der Waals surface area contributed by atoms with Gasteiger partial charge in [-0.2, -0.15) is 13.2 Å². The number of alkyl halides is 3. The van der Waals surface area contributed by atoms with Gasteiger partial charge in [-0.15, -0.1) is 0 Å². The van der Waals surface area contributed by atoms with Crippen LogP contribution in [0.25, 0.3) is 0 Å². The Labute approximate surface area is 205 Å². The third-order valence-electron chi connectivity index (χ3n) is 10.7. The van der Waals surface area contributed by atoms with Crippen molar-refractivity contribution in [3.8, 4) is 0 Å². The summed E-state index contributed by atoms with van der Waals surface area (Å²) in [6, 6.07) is 0. The molecule has 34 heavy (non-hydrogen) atoms. The fraction of sp³-hybridized carbons (Fsp3) is 1.00. The van der Waals surface area contributed by atoms with E-state index in [1.54, 1.807) is 0 Å². The van der Waals surface area contributed by atoms with Crippen LogP contribution < -0.4 is 0 Å². The highest BCUT2D eigenvalue weighted by molar-refractivity contribution is 5.09. The van der Waals surface area contributed by atoms with Crippen molar-refractivity contribution in [2.24, 2.45) is 40.4 Å². The van der Waals surface area contributed by atoms with Crippen LogP contribution in [-0.4, -0.2) is 40.3 Å². The van der Waals surface area contributed by atoms with Crippen molar-refractivity contribution < 1.29 is 28.5 Å². The average Bonchev–Trinajstić information content (AvgIpc) is 3.12. The van der Waals surface area contributed by atoms with Gasteiger partial charge in [0, 0.05) is 7.11 Å². The first kappa shape index (κ1) is 29.9. The minimum Gasteiger partial charge on any atom is -0.400 e. The molecule has 0 radical (unpaired) electrons. The summed E-state index contributed by atoms with van der Waals surface area (Å²) in [4.78, 5) is 0. The first-order valence-electron chi connectivity index (χ1n) is 13.8. The van der Waals surface area contributed by atoms with Crippen LogP contribution >= 0.6 is 0 Å². The van der Waals surface area contributed by atoms with E-state index in [9.17, 15) is 23.4 Å². The van der Waals surface area contributed by atoms with E-state index in [1.165, 1.54) is 32.1 Å². The van der Waals surface area contributed by atoms with Crippen LogP contribution in [0.5, 0.6) is 0 Å². The van der Waals surface area contributed by atoms with Crippen molar-refractivity contribution in [2.75, 3.05) is 7.11 Å². The van der Waals surface area contributed by atoms with E-state index in [0.717, 1.165) is 58.0 Å². The van der Waals surface area contributed by atoms with Gasteiger partial charge in [-0.05, 0) is 124 Å². The van der Waals surface area contributed by atoms with E-state index in [0.29, 0.717) is 29.6 Å². The summed E-state index contributed by atoms with van der Waals surface area (Å²) >= 11 is 0. The molecule has 0 aromatic heterocycles. The van der Waals surface area contributed by atoms with Gasteiger partial charge >= 0.3 is 6.18 Å². The van der Waals surface area contributed by atoms with Crippen molar-refractivity contribution >= 4 is 0 Å². The zero-order chi connectivity index (χ0) is 25.9. The second-order valence-electron chi connectivity index (χ2n) is 12.1. The summed E-state index contributed by atoms with van der Waals surface area (Å²) in [5, 5.41) is 27.0. The Morgan fingerprint density at radius 2 is 1.44 bits per heavy atom. The third kappa shape index (κ3) is 5.49. The molecule has 0 heterocycles. The Hall–Kier alpha value is -0.330. The van der Waals surface area contributed by atoms with Gasteiger partial charge in [0.05, 0.1) is 6.10 Å². The highest BCUT2D eigenvalue weighted by Crippen LogP contribution is 2.68. The van der Waals surface area contributed by atoms with Gasteiger partial charge < -0.3 is 15.3 Å². The molecule has 0 bridgehead atoms. The van der Waals surface area contributed by atoms with Crippen LogP contribution in [0.15, 0.2) is 0 Å². The molecule has 0 spiro atoms. The molecule has 0 aliphatic heterocycles. The van der Waals surface area contributed by atoms with E-state index >= 15 is 0 Å². The smallest absolute Gasteiger partial charge is 0.400 e. The molecule has 4 aliphatic carbocycles. The largest absolute Gasteiger partial charge is 0.416 e. The molecule has 4 aliphatic rings. The van der Waals surface area contributed by atoms with E-state index < -0.39 is 11.8 Å². The third-order valence-corrected chi connectivity index (χ3v) is 10.7. The van der Waals surface area contributed by atoms with Gasteiger partial charge in [0.15, 0.2) is 5.60 Å². The van der Waals surface area contributed by atoms with Crippen molar-refractivity contribution in [3.05, 3.63) is 0 Å². The number of halogens is 3. The average molecular weight is 493 g/mol. The minimum atomic E-state index is -4.55. The summed E-state index contributed by atoms with van der Waals surface area (Å²) in [5.41, 5.74) is -1.95. The molecule has 6 heteroatoms. The Morgan fingerprint density at radius 3 is 2.06 bits per heavy atom. The molecule has 0 aromatic rings. The van der Waals surface area contributed by atoms with Crippen molar-refractivity contribution in [1.82, 2.24) is 0 Å². The molecule has 3 N–H and O–H groups in total. The quantitative estimate of drug-likeness (QED) is 0.391. The lowest BCUT2D eigenvalue weighted by Crippen LogP contribution is -2.53. The van der Waals surface area contributed by atoms with Gasteiger partial charge in [-0.3, -0.25) is 0 Å². The first-order chi connectivity index (χ1) is 15.9. The van der Waals surface area contributed by atoms with Crippen LogP contribution in [0.1, 0.15) is 112 Å². The lowest BCUT2D eigenvalue weighted by molar-refractivity contribution is -0.255. The molecule has 9 atom stereocenters. The topological polar surface area (TPSA) is 60.7 Å². The van der Waals surface area contributed by atoms with Crippen molar-refractivity contribution in [1.29, 1.82) is 0 Å². The molecule has 4 fully saturated rings. The molecule has 4 rings (SSSR count). The van der Waals surface area contributed by atoms with Crippen molar-refractivity contribution in [2.45, 2.75) is 130 Å². The predicted octanol–water partition coefficient (Wildman–Crippen LogP) is 7.12. The van der Waals surface area contributed by atoms with Gasteiger partial charge in [0.1, 0.15) is 0 Å². The molecular weight excluding hydrogens is 441 g/mol. The second kappa shape index (κ2) is 11.4. The molecule has 0 saturated heterocycles. The van der Waals surface area contributed by atoms with Crippen LogP contribution in [0.3, 0.4) is 0 Å². The number of fused-ring (bicyclic) bond motifs is 5. The fourth-order valence-corrected chi connectivity index (χ4v) is 8.65. The van der Waals surface area contributed by atoms with Crippen LogP contribution in [0.2, 0.25) is 0 Å².